The maximum absolute atomic E-state index is 9.54. The second-order valence-corrected chi connectivity index (χ2v) is 5.94. The Labute approximate surface area is 95.4 Å². The highest BCUT2D eigenvalue weighted by atomic mass is 32.1. The molecule has 1 N–H and O–H groups in total. The third-order valence-electron chi connectivity index (χ3n) is 3.40. The Morgan fingerprint density at radius 2 is 2.13 bits per heavy atom. The van der Waals surface area contributed by atoms with Crippen molar-refractivity contribution in [1.29, 1.82) is 0 Å². The lowest BCUT2D eigenvalue weighted by Gasteiger charge is -2.39. The van der Waals surface area contributed by atoms with Gasteiger partial charge in [-0.15, -0.1) is 11.3 Å². The van der Waals surface area contributed by atoms with Gasteiger partial charge in [0, 0.05) is 16.2 Å². The Morgan fingerprint density at radius 3 is 2.47 bits per heavy atom. The van der Waals surface area contributed by atoms with E-state index in [2.05, 4.69) is 25.8 Å². The molecule has 2 nitrogen and oxygen atoms in total. The molecule has 1 aromatic rings. The van der Waals surface area contributed by atoms with Gasteiger partial charge in [0.1, 0.15) is 0 Å². The minimum atomic E-state index is 0.0644. The fourth-order valence-corrected chi connectivity index (χ4v) is 3.52. The lowest BCUT2D eigenvalue weighted by atomic mass is 9.68. The van der Waals surface area contributed by atoms with Crippen LogP contribution in [0.5, 0.6) is 0 Å². The van der Waals surface area contributed by atoms with E-state index in [1.165, 1.54) is 16.3 Å². The Bertz CT molecular complexity index is 347. The van der Waals surface area contributed by atoms with E-state index in [1.807, 2.05) is 0 Å². The summed E-state index contributed by atoms with van der Waals surface area (Å²) in [4.78, 5) is 5.95. The van der Waals surface area contributed by atoms with Crippen LogP contribution in [0.4, 0.5) is 0 Å². The lowest BCUT2D eigenvalue weighted by molar-refractivity contribution is 0.122. The summed E-state index contributed by atoms with van der Waals surface area (Å²) >= 11 is 1.80. The molecule has 15 heavy (non-hydrogen) atoms. The minimum absolute atomic E-state index is 0.0644. The second-order valence-electron chi connectivity index (χ2n) is 4.91. The van der Waals surface area contributed by atoms with E-state index >= 15 is 0 Å². The van der Waals surface area contributed by atoms with Crippen molar-refractivity contribution >= 4 is 11.3 Å². The molecule has 0 atom stereocenters. The van der Waals surface area contributed by atoms with Crippen LogP contribution in [0.25, 0.3) is 0 Å². The van der Waals surface area contributed by atoms with Crippen LogP contribution in [-0.2, 0) is 5.41 Å². The molecule has 0 unspecified atom stereocenters. The van der Waals surface area contributed by atoms with Gasteiger partial charge in [-0.2, -0.15) is 0 Å². The topological polar surface area (TPSA) is 33.1 Å². The summed E-state index contributed by atoms with van der Waals surface area (Å²) in [5.74, 6) is 0.498. The van der Waals surface area contributed by atoms with Crippen LogP contribution in [0.3, 0.4) is 0 Å². The van der Waals surface area contributed by atoms with E-state index in [0.29, 0.717) is 5.92 Å². The number of hydrogen-bond acceptors (Lipinski definition) is 3. The molecule has 1 fully saturated rings. The monoisotopic (exact) mass is 225 g/mol. The SMILES string of the molecule is Cc1nc(C(C)C)sc1C1(CO)CCC1. The van der Waals surface area contributed by atoms with Crippen LogP contribution in [0, 0.1) is 6.92 Å². The van der Waals surface area contributed by atoms with Crippen LogP contribution in [-0.4, -0.2) is 16.7 Å². The largest absolute Gasteiger partial charge is 0.395 e. The smallest absolute Gasteiger partial charge is 0.0956 e. The predicted octanol–water partition coefficient (Wildman–Crippen LogP) is 2.99. The van der Waals surface area contributed by atoms with E-state index in [4.69, 9.17) is 0 Å². The summed E-state index contributed by atoms with van der Waals surface area (Å²) in [6, 6.07) is 0. The van der Waals surface area contributed by atoms with Gasteiger partial charge in [-0.3, -0.25) is 0 Å². The standard InChI is InChI=1S/C12H19NOS/c1-8(2)11-13-9(3)10(15-11)12(7-14)5-4-6-12/h8,14H,4-7H2,1-3H3. The van der Waals surface area contributed by atoms with Crippen molar-refractivity contribution in [2.45, 2.75) is 51.4 Å². The number of nitrogens with zero attached hydrogens (tertiary/aromatic N) is 1. The zero-order valence-electron chi connectivity index (χ0n) is 9.71. The van der Waals surface area contributed by atoms with E-state index < -0.39 is 0 Å². The molecule has 1 heterocycles. The molecule has 84 valence electrons. The predicted molar refractivity (Wildman–Crippen MR) is 63.6 cm³/mol. The summed E-state index contributed by atoms with van der Waals surface area (Å²) in [6.07, 6.45) is 3.50. The number of aliphatic hydroxyl groups is 1. The lowest BCUT2D eigenvalue weighted by Crippen LogP contribution is -2.37. The van der Waals surface area contributed by atoms with Crippen molar-refractivity contribution in [1.82, 2.24) is 4.98 Å². The fraction of sp³-hybridized carbons (Fsp3) is 0.750. The van der Waals surface area contributed by atoms with Crippen molar-refractivity contribution < 1.29 is 5.11 Å². The first-order valence-electron chi connectivity index (χ1n) is 5.68. The van der Waals surface area contributed by atoms with Crippen molar-refractivity contribution in [2.75, 3.05) is 6.61 Å². The van der Waals surface area contributed by atoms with Crippen LogP contribution in [0.15, 0.2) is 0 Å². The molecule has 0 radical (unpaired) electrons. The zero-order chi connectivity index (χ0) is 11.1. The Balaban J connectivity index is 2.35. The molecule has 2 rings (SSSR count). The maximum atomic E-state index is 9.54. The summed E-state index contributed by atoms with van der Waals surface area (Å²) in [6.45, 7) is 6.71. The molecule has 0 aliphatic heterocycles. The average Bonchev–Trinajstić information content (AvgIpc) is 2.48. The zero-order valence-corrected chi connectivity index (χ0v) is 10.5. The van der Waals surface area contributed by atoms with Gasteiger partial charge in [0.25, 0.3) is 0 Å². The first-order valence-corrected chi connectivity index (χ1v) is 6.49. The van der Waals surface area contributed by atoms with Crippen LogP contribution < -0.4 is 0 Å². The van der Waals surface area contributed by atoms with Gasteiger partial charge in [-0.1, -0.05) is 20.3 Å². The quantitative estimate of drug-likeness (QED) is 0.858. The van der Waals surface area contributed by atoms with Gasteiger partial charge in [0.05, 0.1) is 17.3 Å². The van der Waals surface area contributed by atoms with E-state index in [-0.39, 0.29) is 12.0 Å². The first-order chi connectivity index (χ1) is 7.09. The fourth-order valence-electron chi connectivity index (χ4n) is 2.22. The Kier molecular flexibility index (Phi) is 2.86. The van der Waals surface area contributed by atoms with Crippen molar-refractivity contribution in [2.24, 2.45) is 0 Å². The van der Waals surface area contributed by atoms with Gasteiger partial charge in [-0.25, -0.2) is 4.98 Å². The highest BCUT2D eigenvalue weighted by molar-refractivity contribution is 7.12. The van der Waals surface area contributed by atoms with E-state index in [9.17, 15) is 5.11 Å². The first kappa shape index (κ1) is 11.1. The highest BCUT2D eigenvalue weighted by Crippen LogP contribution is 2.47. The molecule has 1 aliphatic rings. The number of aryl methyl sites for hydroxylation is 1. The molecule has 0 spiro atoms. The van der Waals surface area contributed by atoms with Gasteiger partial charge < -0.3 is 5.11 Å². The summed E-state index contributed by atoms with van der Waals surface area (Å²) in [7, 11) is 0. The van der Waals surface area contributed by atoms with Gasteiger partial charge in [0.15, 0.2) is 0 Å². The van der Waals surface area contributed by atoms with E-state index in [0.717, 1.165) is 18.5 Å². The summed E-state index contributed by atoms with van der Waals surface area (Å²) < 4.78 is 0. The van der Waals surface area contributed by atoms with Gasteiger partial charge >= 0.3 is 0 Å². The number of hydrogen-bond donors (Lipinski definition) is 1. The molecular weight excluding hydrogens is 206 g/mol. The van der Waals surface area contributed by atoms with Crippen molar-refractivity contribution in [3.8, 4) is 0 Å². The highest BCUT2D eigenvalue weighted by Gasteiger charge is 2.41. The number of aliphatic hydroxyl groups excluding tert-OH is 1. The Hall–Kier alpha value is -0.410. The molecule has 1 aromatic heterocycles. The number of thiazole rings is 1. The summed E-state index contributed by atoms with van der Waals surface area (Å²) in [5, 5.41) is 10.8. The molecule has 0 saturated heterocycles. The molecule has 0 bridgehead atoms. The second kappa shape index (κ2) is 3.87. The van der Waals surface area contributed by atoms with Crippen LogP contribution >= 0.6 is 11.3 Å². The van der Waals surface area contributed by atoms with Crippen LogP contribution in [0.2, 0.25) is 0 Å². The number of aromatic nitrogens is 1. The molecule has 0 aromatic carbocycles. The minimum Gasteiger partial charge on any atom is -0.395 e. The van der Waals surface area contributed by atoms with Crippen molar-refractivity contribution in [3.63, 3.8) is 0 Å². The molecular formula is C12H19NOS. The third kappa shape index (κ3) is 1.72. The maximum Gasteiger partial charge on any atom is 0.0956 e. The molecule has 3 heteroatoms. The molecule has 0 amide bonds. The van der Waals surface area contributed by atoms with E-state index in [1.54, 1.807) is 11.3 Å². The van der Waals surface area contributed by atoms with Crippen molar-refractivity contribution in [3.05, 3.63) is 15.6 Å². The number of rotatable bonds is 3. The Morgan fingerprint density at radius 1 is 1.47 bits per heavy atom. The normalized spacial score (nSPS) is 19.3. The van der Waals surface area contributed by atoms with Gasteiger partial charge in [0.2, 0.25) is 0 Å². The molecule has 1 aliphatic carbocycles. The third-order valence-corrected chi connectivity index (χ3v) is 5.11. The van der Waals surface area contributed by atoms with Gasteiger partial charge in [-0.05, 0) is 19.8 Å². The van der Waals surface area contributed by atoms with Crippen LogP contribution in [0.1, 0.15) is 54.6 Å². The molecule has 1 saturated carbocycles. The average molecular weight is 225 g/mol. The summed E-state index contributed by atoms with van der Waals surface area (Å²) in [5.41, 5.74) is 1.20.